The number of hydrogen-bond donors (Lipinski definition) is 1. The normalized spacial score (nSPS) is 13.5. The zero-order valence-corrected chi connectivity index (χ0v) is 18.9. The summed E-state index contributed by atoms with van der Waals surface area (Å²) in [6.45, 7) is 4.71. The first-order chi connectivity index (χ1) is 16.1. The van der Waals surface area contributed by atoms with Gasteiger partial charge in [0.15, 0.2) is 6.61 Å². The van der Waals surface area contributed by atoms with Gasteiger partial charge in [-0.15, -0.1) is 0 Å². The summed E-state index contributed by atoms with van der Waals surface area (Å²) in [5, 5.41) is 2.97. The number of piperazine rings is 1. The van der Waals surface area contributed by atoms with Crippen LogP contribution in [-0.4, -0.2) is 49.5 Å². The smallest absolute Gasteiger partial charge is 0.262 e. The van der Waals surface area contributed by atoms with Gasteiger partial charge in [-0.2, -0.15) is 0 Å². The van der Waals surface area contributed by atoms with E-state index in [2.05, 4.69) is 17.1 Å². The van der Waals surface area contributed by atoms with Crippen LogP contribution in [-0.2, 0) is 11.2 Å². The fraction of sp³-hybridized carbons (Fsp3) is 0.259. The molecule has 6 nitrogen and oxygen atoms in total. The van der Waals surface area contributed by atoms with Gasteiger partial charge >= 0.3 is 0 Å². The third-order valence-corrected chi connectivity index (χ3v) is 5.81. The van der Waals surface area contributed by atoms with E-state index in [4.69, 9.17) is 4.74 Å². The number of aryl methyl sites for hydroxylation is 1. The molecule has 4 rings (SSSR count). The number of carbonyl (C=O) groups is 2. The molecule has 3 aromatic rings. The summed E-state index contributed by atoms with van der Waals surface area (Å²) in [5.74, 6) is 0.524. The van der Waals surface area contributed by atoms with E-state index in [1.54, 1.807) is 0 Å². The summed E-state index contributed by atoms with van der Waals surface area (Å²) in [4.78, 5) is 29.3. The van der Waals surface area contributed by atoms with Gasteiger partial charge in [-0.05, 0) is 48.4 Å². The van der Waals surface area contributed by atoms with Gasteiger partial charge in [0.2, 0.25) is 0 Å². The van der Waals surface area contributed by atoms with Crippen LogP contribution >= 0.6 is 0 Å². The Morgan fingerprint density at radius 1 is 0.848 bits per heavy atom. The van der Waals surface area contributed by atoms with Gasteiger partial charge in [0.25, 0.3) is 11.8 Å². The predicted octanol–water partition coefficient (Wildman–Crippen LogP) is 4.23. The van der Waals surface area contributed by atoms with Crippen LogP contribution in [0.25, 0.3) is 0 Å². The minimum atomic E-state index is -0.208. The van der Waals surface area contributed by atoms with Crippen molar-refractivity contribution in [3.63, 3.8) is 0 Å². The molecule has 6 heteroatoms. The van der Waals surface area contributed by atoms with E-state index in [1.165, 1.54) is 5.56 Å². The number of amides is 2. The number of anilines is 2. The highest BCUT2D eigenvalue weighted by Gasteiger charge is 2.23. The molecule has 0 spiro atoms. The lowest BCUT2D eigenvalue weighted by atomic mass is 10.1. The van der Waals surface area contributed by atoms with Gasteiger partial charge in [-0.25, -0.2) is 0 Å². The van der Waals surface area contributed by atoms with Crippen LogP contribution in [0.1, 0.15) is 22.8 Å². The molecule has 0 saturated carbocycles. The molecule has 170 valence electrons. The summed E-state index contributed by atoms with van der Waals surface area (Å²) in [7, 11) is 0. The topological polar surface area (TPSA) is 61.9 Å². The fourth-order valence-corrected chi connectivity index (χ4v) is 3.93. The number of benzene rings is 3. The number of nitrogens with one attached hydrogen (secondary N) is 1. The van der Waals surface area contributed by atoms with Crippen LogP contribution in [0.2, 0.25) is 0 Å². The number of nitrogens with zero attached hydrogens (tertiary/aromatic N) is 2. The summed E-state index contributed by atoms with van der Waals surface area (Å²) in [6.07, 6.45) is 0.965. The zero-order chi connectivity index (χ0) is 23.0. The summed E-state index contributed by atoms with van der Waals surface area (Å²) in [6, 6.07) is 24.9. The highest BCUT2D eigenvalue weighted by atomic mass is 16.5. The molecule has 1 N–H and O–H groups in total. The van der Waals surface area contributed by atoms with E-state index >= 15 is 0 Å². The first kappa shape index (κ1) is 22.4. The predicted molar refractivity (Wildman–Crippen MR) is 131 cm³/mol. The van der Waals surface area contributed by atoms with E-state index in [0.717, 1.165) is 17.8 Å². The third-order valence-electron chi connectivity index (χ3n) is 5.81. The first-order valence-corrected chi connectivity index (χ1v) is 11.3. The van der Waals surface area contributed by atoms with Gasteiger partial charge in [0.1, 0.15) is 5.75 Å². The molecule has 1 aliphatic heterocycles. The van der Waals surface area contributed by atoms with Crippen molar-refractivity contribution in [1.82, 2.24) is 4.90 Å². The lowest BCUT2D eigenvalue weighted by Gasteiger charge is -2.37. The van der Waals surface area contributed by atoms with Crippen molar-refractivity contribution in [3.05, 3.63) is 90.0 Å². The van der Waals surface area contributed by atoms with Crippen molar-refractivity contribution >= 4 is 23.2 Å². The molecular formula is C27H29N3O3. The molecule has 1 aliphatic rings. The second-order valence-electron chi connectivity index (χ2n) is 8.00. The fourth-order valence-electron chi connectivity index (χ4n) is 3.93. The Kier molecular flexibility index (Phi) is 7.25. The molecule has 0 bridgehead atoms. The van der Waals surface area contributed by atoms with Crippen molar-refractivity contribution in [2.24, 2.45) is 0 Å². The Hall–Kier alpha value is -3.80. The summed E-state index contributed by atoms with van der Waals surface area (Å²) in [5.41, 5.74) is 3.63. The van der Waals surface area contributed by atoms with Crippen molar-refractivity contribution in [3.8, 4) is 5.75 Å². The molecular weight excluding hydrogens is 414 g/mol. The highest BCUT2D eigenvalue weighted by Crippen LogP contribution is 2.27. The van der Waals surface area contributed by atoms with Gasteiger partial charge in [-0.1, -0.05) is 49.4 Å². The average molecular weight is 444 g/mol. The second-order valence-corrected chi connectivity index (χ2v) is 8.00. The molecule has 2 amide bonds. The Balaban J connectivity index is 1.33. The molecule has 0 aliphatic carbocycles. The molecule has 1 saturated heterocycles. The Morgan fingerprint density at radius 3 is 2.21 bits per heavy atom. The van der Waals surface area contributed by atoms with Crippen molar-refractivity contribution in [2.45, 2.75) is 13.3 Å². The third kappa shape index (κ3) is 5.71. The molecule has 0 radical (unpaired) electrons. The number of hydrogen-bond acceptors (Lipinski definition) is 4. The summed E-state index contributed by atoms with van der Waals surface area (Å²) < 4.78 is 5.64. The lowest BCUT2D eigenvalue weighted by Crippen LogP contribution is -2.49. The monoisotopic (exact) mass is 443 g/mol. The first-order valence-electron chi connectivity index (χ1n) is 11.3. The maximum atomic E-state index is 12.7. The van der Waals surface area contributed by atoms with Crippen LogP contribution in [0.5, 0.6) is 5.75 Å². The largest absolute Gasteiger partial charge is 0.484 e. The van der Waals surface area contributed by atoms with Crippen molar-refractivity contribution < 1.29 is 14.3 Å². The minimum Gasteiger partial charge on any atom is -0.484 e. The van der Waals surface area contributed by atoms with Crippen LogP contribution < -0.4 is 15.0 Å². The van der Waals surface area contributed by atoms with Crippen molar-refractivity contribution in [2.75, 3.05) is 43.0 Å². The Morgan fingerprint density at radius 2 is 1.52 bits per heavy atom. The SMILES string of the molecule is CCc1ccc(OCC(=O)Nc2ccccc2N2CCN(C(=O)c3ccccc3)CC2)cc1. The van der Waals surface area contributed by atoms with E-state index in [9.17, 15) is 9.59 Å². The molecule has 0 unspecified atom stereocenters. The van der Waals surface area contributed by atoms with Crippen molar-refractivity contribution in [1.29, 1.82) is 0 Å². The molecule has 3 aromatic carbocycles. The van der Waals surface area contributed by atoms with Gasteiger partial charge in [0, 0.05) is 31.7 Å². The summed E-state index contributed by atoms with van der Waals surface area (Å²) >= 11 is 0. The standard InChI is InChI=1S/C27H29N3O3/c1-2-21-12-14-23(15-13-21)33-20-26(31)28-24-10-6-7-11-25(24)29-16-18-30(19-17-29)27(32)22-8-4-3-5-9-22/h3-15H,2,16-20H2,1H3,(H,28,31). The molecule has 1 fully saturated rings. The van der Waals surface area contributed by atoms with E-state index in [1.807, 2.05) is 83.8 Å². The Labute approximate surface area is 194 Å². The number of rotatable bonds is 7. The van der Waals surface area contributed by atoms with Gasteiger partial charge in [0.05, 0.1) is 11.4 Å². The lowest BCUT2D eigenvalue weighted by molar-refractivity contribution is -0.118. The maximum absolute atomic E-state index is 12.7. The quantitative estimate of drug-likeness (QED) is 0.594. The number of carbonyl (C=O) groups excluding carboxylic acids is 2. The maximum Gasteiger partial charge on any atom is 0.262 e. The van der Waals surface area contributed by atoms with Crippen LogP contribution in [0, 0.1) is 0 Å². The van der Waals surface area contributed by atoms with E-state index in [0.29, 0.717) is 37.5 Å². The molecule has 0 aromatic heterocycles. The van der Waals surface area contributed by atoms with Gasteiger partial charge < -0.3 is 19.9 Å². The average Bonchev–Trinajstić information content (AvgIpc) is 2.88. The van der Waals surface area contributed by atoms with Crippen LogP contribution in [0.3, 0.4) is 0 Å². The van der Waals surface area contributed by atoms with Crippen LogP contribution in [0.15, 0.2) is 78.9 Å². The Bertz CT molecular complexity index is 1080. The second kappa shape index (κ2) is 10.7. The van der Waals surface area contributed by atoms with E-state index in [-0.39, 0.29) is 18.4 Å². The zero-order valence-electron chi connectivity index (χ0n) is 18.9. The molecule has 0 atom stereocenters. The highest BCUT2D eigenvalue weighted by molar-refractivity contribution is 5.96. The van der Waals surface area contributed by atoms with Crippen LogP contribution in [0.4, 0.5) is 11.4 Å². The minimum absolute atomic E-state index is 0.0564. The van der Waals surface area contributed by atoms with E-state index < -0.39 is 0 Å². The molecule has 1 heterocycles. The van der Waals surface area contributed by atoms with Gasteiger partial charge in [-0.3, -0.25) is 9.59 Å². The number of ether oxygens (including phenoxy) is 1. The molecule has 33 heavy (non-hydrogen) atoms. The number of para-hydroxylation sites is 2.